The Kier molecular flexibility index (Phi) is 5.65. The van der Waals surface area contributed by atoms with Crippen LogP contribution in [-0.4, -0.2) is 23.4 Å². The molecule has 1 aliphatic heterocycles. The van der Waals surface area contributed by atoms with Crippen LogP contribution in [0.4, 0.5) is 0 Å². The predicted molar refractivity (Wildman–Crippen MR) is 87.4 cm³/mol. The molecule has 0 bridgehead atoms. The lowest BCUT2D eigenvalue weighted by Gasteiger charge is -2.33. The maximum atomic E-state index is 12.5. The quantitative estimate of drug-likeness (QED) is 0.913. The van der Waals surface area contributed by atoms with Crippen molar-refractivity contribution in [2.75, 3.05) is 6.54 Å². The van der Waals surface area contributed by atoms with E-state index in [4.69, 9.17) is 5.73 Å². The number of halogens is 1. The van der Waals surface area contributed by atoms with Gasteiger partial charge in [0.05, 0.1) is 0 Å². The Labute approximate surface area is 133 Å². The molecule has 3 rings (SSSR count). The molecule has 0 spiro atoms. The summed E-state index contributed by atoms with van der Waals surface area (Å²) in [5, 5.41) is 0. The highest BCUT2D eigenvalue weighted by Gasteiger charge is 2.27. The van der Waals surface area contributed by atoms with Crippen LogP contribution in [0.5, 0.6) is 0 Å². The summed E-state index contributed by atoms with van der Waals surface area (Å²) in [6, 6.07) is 8.68. The Morgan fingerprint density at radius 3 is 2.67 bits per heavy atom. The fraction of sp³-hybridized carbons (Fsp3) is 0.588. The molecule has 2 atom stereocenters. The SMILES string of the molecule is Cl.NC1CCCCC1CC(=O)N1CCc2ccccc2C1. The molecule has 2 unspecified atom stereocenters. The molecule has 1 saturated carbocycles. The number of hydrogen-bond donors (Lipinski definition) is 1. The van der Waals surface area contributed by atoms with Crippen molar-refractivity contribution in [1.29, 1.82) is 0 Å². The van der Waals surface area contributed by atoms with Crippen molar-refractivity contribution < 1.29 is 4.79 Å². The minimum absolute atomic E-state index is 0. The van der Waals surface area contributed by atoms with Crippen molar-refractivity contribution in [1.82, 2.24) is 4.90 Å². The molecule has 21 heavy (non-hydrogen) atoms. The van der Waals surface area contributed by atoms with Crippen molar-refractivity contribution in [2.45, 2.75) is 51.1 Å². The summed E-state index contributed by atoms with van der Waals surface area (Å²) in [6.45, 7) is 1.63. The number of carbonyl (C=O) groups is 1. The number of fused-ring (bicyclic) bond motifs is 1. The van der Waals surface area contributed by atoms with E-state index < -0.39 is 0 Å². The topological polar surface area (TPSA) is 46.3 Å². The van der Waals surface area contributed by atoms with Gasteiger partial charge in [-0.3, -0.25) is 4.79 Å². The summed E-state index contributed by atoms with van der Waals surface area (Å²) in [5.74, 6) is 0.690. The Morgan fingerprint density at radius 1 is 1.19 bits per heavy atom. The van der Waals surface area contributed by atoms with Gasteiger partial charge in [0.15, 0.2) is 0 Å². The number of amides is 1. The highest BCUT2D eigenvalue weighted by atomic mass is 35.5. The Bertz CT molecular complexity index is 491. The molecule has 1 heterocycles. The first-order chi connectivity index (χ1) is 9.74. The summed E-state index contributed by atoms with van der Waals surface area (Å²) < 4.78 is 0. The number of rotatable bonds is 2. The molecule has 116 valence electrons. The molecule has 4 heteroatoms. The largest absolute Gasteiger partial charge is 0.338 e. The van der Waals surface area contributed by atoms with E-state index in [9.17, 15) is 4.79 Å². The first-order valence-corrected chi connectivity index (χ1v) is 7.84. The van der Waals surface area contributed by atoms with Crippen molar-refractivity contribution in [2.24, 2.45) is 11.7 Å². The van der Waals surface area contributed by atoms with E-state index in [1.165, 1.54) is 24.0 Å². The van der Waals surface area contributed by atoms with Gasteiger partial charge in [0.25, 0.3) is 0 Å². The van der Waals surface area contributed by atoms with Crippen LogP contribution in [0.15, 0.2) is 24.3 Å². The highest BCUT2D eigenvalue weighted by molar-refractivity contribution is 5.85. The molecule has 1 aromatic rings. The molecule has 1 fully saturated rings. The Hall–Kier alpha value is -1.06. The van der Waals surface area contributed by atoms with Crippen LogP contribution in [0.1, 0.15) is 43.2 Å². The number of nitrogens with zero attached hydrogens (tertiary/aromatic N) is 1. The van der Waals surface area contributed by atoms with Gasteiger partial charge in [-0.2, -0.15) is 0 Å². The molecule has 1 aromatic carbocycles. The fourth-order valence-corrected chi connectivity index (χ4v) is 3.55. The van der Waals surface area contributed by atoms with Crippen LogP contribution in [0.25, 0.3) is 0 Å². The van der Waals surface area contributed by atoms with E-state index in [0.29, 0.717) is 18.2 Å². The molecule has 2 aliphatic rings. The number of hydrogen-bond acceptors (Lipinski definition) is 2. The van der Waals surface area contributed by atoms with Gasteiger partial charge in [0.1, 0.15) is 0 Å². The van der Waals surface area contributed by atoms with Crippen molar-refractivity contribution >= 4 is 18.3 Å². The van der Waals surface area contributed by atoms with E-state index >= 15 is 0 Å². The molecule has 0 aromatic heterocycles. The van der Waals surface area contributed by atoms with E-state index in [0.717, 1.165) is 32.4 Å². The van der Waals surface area contributed by atoms with E-state index in [1.54, 1.807) is 0 Å². The fourth-order valence-electron chi connectivity index (χ4n) is 3.55. The van der Waals surface area contributed by atoms with E-state index in [2.05, 4.69) is 24.3 Å². The maximum absolute atomic E-state index is 12.5. The zero-order chi connectivity index (χ0) is 13.9. The second-order valence-corrected chi connectivity index (χ2v) is 6.25. The minimum Gasteiger partial charge on any atom is -0.338 e. The van der Waals surface area contributed by atoms with Gasteiger partial charge in [-0.1, -0.05) is 37.1 Å². The standard InChI is InChI=1S/C17H24N2O.ClH/c18-16-8-4-3-6-14(16)11-17(20)19-10-9-13-5-1-2-7-15(13)12-19;/h1-2,5,7,14,16H,3-4,6,8-12,18H2;1H. The number of nitrogens with two attached hydrogens (primary N) is 1. The molecule has 3 nitrogen and oxygen atoms in total. The molecular weight excluding hydrogens is 284 g/mol. The molecule has 1 amide bonds. The summed E-state index contributed by atoms with van der Waals surface area (Å²) in [4.78, 5) is 14.5. The van der Waals surface area contributed by atoms with Crippen LogP contribution < -0.4 is 5.73 Å². The average Bonchev–Trinajstić information content (AvgIpc) is 2.49. The van der Waals surface area contributed by atoms with Gasteiger partial charge in [-0.15, -0.1) is 12.4 Å². The van der Waals surface area contributed by atoms with Crippen LogP contribution in [0.3, 0.4) is 0 Å². The highest BCUT2D eigenvalue weighted by Crippen LogP contribution is 2.27. The minimum atomic E-state index is 0. The number of benzene rings is 1. The lowest BCUT2D eigenvalue weighted by molar-refractivity contribution is -0.133. The second kappa shape index (κ2) is 7.28. The van der Waals surface area contributed by atoms with E-state index in [1.807, 2.05) is 4.90 Å². The molecule has 0 saturated heterocycles. The first kappa shape index (κ1) is 16.3. The van der Waals surface area contributed by atoms with Gasteiger partial charge < -0.3 is 10.6 Å². The lowest BCUT2D eigenvalue weighted by atomic mass is 9.82. The summed E-state index contributed by atoms with van der Waals surface area (Å²) in [7, 11) is 0. The smallest absolute Gasteiger partial charge is 0.223 e. The maximum Gasteiger partial charge on any atom is 0.223 e. The Balaban J connectivity index is 0.00000161. The van der Waals surface area contributed by atoms with Gasteiger partial charge >= 0.3 is 0 Å². The van der Waals surface area contributed by atoms with Gasteiger partial charge in [0, 0.05) is 25.6 Å². The summed E-state index contributed by atoms with van der Waals surface area (Å²) >= 11 is 0. The third kappa shape index (κ3) is 3.78. The van der Waals surface area contributed by atoms with Crippen LogP contribution in [0.2, 0.25) is 0 Å². The monoisotopic (exact) mass is 308 g/mol. The molecule has 0 radical (unpaired) electrons. The van der Waals surface area contributed by atoms with Crippen molar-refractivity contribution in [3.05, 3.63) is 35.4 Å². The normalized spacial score (nSPS) is 24.9. The summed E-state index contributed by atoms with van der Waals surface area (Å²) in [6.07, 6.45) is 6.29. The van der Waals surface area contributed by atoms with Gasteiger partial charge in [0.2, 0.25) is 5.91 Å². The third-order valence-corrected chi connectivity index (χ3v) is 4.89. The number of carbonyl (C=O) groups excluding carboxylic acids is 1. The van der Waals surface area contributed by atoms with Gasteiger partial charge in [-0.25, -0.2) is 0 Å². The molecule has 1 aliphatic carbocycles. The molecular formula is C17H25ClN2O. The van der Waals surface area contributed by atoms with Crippen LogP contribution in [0, 0.1) is 5.92 Å². The van der Waals surface area contributed by atoms with Crippen molar-refractivity contribution in [3.8, 4) is 0 Å². The van der Waals surface area contributed by atoms with Gasteiger partial charge in [-0.05, 0) is 36.3 Å². The second-order valence-electron chi connectivity index (χ2n) is 6.25. The lowest BCUT2D eigenvalue weighted by Crippen LogP contribution is -2.40. The summed E-state index contributed by atoms with van der Waals surface area (Å²) in [5.41, 5.74) is 8.86. The van der Waals surface area contributed by atoms with Crippen molar-refractivity contribution in [3.63, 3.8) is 0 Å². The third-order valence-electron chi connectivity index (χ3n) is 4.89. The first-order valence-electron chi connectivity index (χ1n) is 7.84. The zero-order valence-electron chi connectivity index (χ0n) is 12.5. The van der Waals surface area contributed by atoms with E-state index in [-0.39, 0.29) is 18.4 Å². The van der Waals surface area contributed by atoms with Crippen LogP contribution >= 0.6 is 12.4 Å². The average molecular weight is 309 g/mol. The predicted octanol–water partition coefficient (Wildman–Crippen LogP) is 2.90. The molecule has 2 N–H and O–H groups in total. The zero-order valence-corrected chi connectivity index (χ0v) is 13.3. The van der Waals surface area contributed by atoms with Crippen LogP contribution in [-0.2, 0) is 17.8 Å². The Morgan fingerprint density at radius 2 is 1.90 bits per heavy atom.